The molecule has 0 fully saturated rings. The number of aromatic nitrogens is 2. The highest BCUT2D eigenvalue weighted by molar-refractivity contribution is 7.99. The largest absolute Gasteiger partial charge is 0.493 e. The fourth-order valence-electron chi connectivity index (χ4n) is 2.43. The summed E-state index contributed by atoms with van der Waals surface area (Å²) in [5.74, 6) is 1.56. The van der Waals surface area contributed by atoms with Gasteiger partial charge in [0.25, 0.3) is 5.56 Å². The van der Waals surface area contributed by atoms with Crippen LogP contribution in [0.3, 0.4) is 0 Å². The summed E-state index contributed by atoms with van der Waals surface area (Å²) in [7, 11) is 0. The van der Waals surface area contributed by atoms with Crippen LogP contribution in [0.4, 0.5) is 0 Å². The van der Waals surface area contributed by atoms with E-state index in [2.05, 4.69) is 9.97 Å². The smallest absolute Gasteiger partial charge is 0.260 e. The highest BCUT2D eigenvalue weighted by atomic mass is 32.2. The lowest BCUT2D eigenvalue weighted by Crippen LogP contribution is -2.09. The van der Waals surface area contributed by atoms with Gasteiger partial charge in [0.15, 0.2) is 5.16 Å². The number of aromatic amines is 1. The Balaban J connectivity index is 1.47. The zero-order chi connectivity index (χ0) is 17.1. The maximum Gasteiger partial charge on any atom is 0.260 e. The molecular formula is C18H14N2O2S3. The van der Waals surface area contributed by atoms with Gasteiger partial charge >= 0.3 is 0 Å². The van der Waals surface area contributed by atoms with Gasteiger partial charge in [0.1, 0.15) is 10.6 Å². The lowest BCUT2D eigenvalue weighted by atomic mass is 10.2. The molecule has 4 nitrogen and oxygen atoms in total. The van der Waals surface area contributed by atoms with Crippen LogP contribution in [0.25, 0.3) is 20.7 Å². The molecule has 25 heavy (non-hydrogen) atoms. The van der Waals surface area contributed by atoms with Crippen molar-refractivity contribution in [2.45, 2.75) is 5.16 Å². The molecule has 4 aromatic rings. The van der Waals surface area contributed by atoms with Crippen molar-refractivity contribution in [2.75, 3.05) is 12.4 Å². The second-order valence-electron chi connectivity index (χ2n) is 5.19. The minimum absolute atomic E-state index is 0.0823. The Kier molecular flexibility index (Phi) is 4.87. The van der Waals surface area contributed by atoms with Gasteiger partial charge in [-0.25, -0.2) is 4.98 Å². The van der Waals surface area contributed by atoms with Crippen LogP contribution in [0.2, 0.25) is 0 Å². The third kappa shape index (κ3) is 3.63. The number of para-hydroxylation sites is 1. The number of H-pyrrole nitrogens is 1. The van der Waals surface area contributed by atoms with Crippen LogP contribution in [0.5, 0.6) is 5.75 Å². The minimum Gasteiger partial charge on any atom is -0.493 e. The summed E-state index contributed by atoms with van der Waals surface area (Å²) in [6.45, 7) is 0.557. The topological polar surface area (TPSA) is 55.0 Å². The van der Waals surface area contributed by atoms with Crippen molar-refractivity contribution < 1.29 is 4.74 Å². The van der Waals surface area contributed by atoms with Crippen molar-refractivity contribution in [2.24, 2.45) is 0 Å². The number of nitrogens with zero attached hydrogens (tertiary/aromatic N) is 1. The average Bonchev–Trinajstić information content (AvgIpc) is 3.29. The van der Waals surface area contributed by atoms with Crippen molar-refractivity contribution in [3.63, 3.8) is 0 Å². The van der Waals surface area contributed by atoms with Crippen LogP contribution < -0.4 is 10.3 Å². The number of rotatable bonds is 6. The van der Waals surface area contributed by atoms with E-state index in [1.54, 1.807) is 11.3 Å². The third-order valence-electron chi connectivity index (χ3n) is 3.54. The van der Waals surface area contributed by atoms with E-state index in [1.165, 1.54) is 23.1 Å². The second-order valence-corrected chi connectivity index (χ2v) is 8.08. The zero-order valence-electron chi connectivity index (χ0n) is 13.1. The predicted molar refractivity (Wildman–Crippen MR) is 106 cm³/mol. The number of hydrogen-bond acceptors (Lipinski definition) is 6. The van der Waals surface area contributed by atoms with Gasteiger partial charge < -0.3 is 9.72 Å². The van der Waals surface area contributed by atoms with Gasteiger partial charge in [-0.15, -0.1) is 22.7 Å². The van der Waals surface area contributed by atoms with Crippen LogP contribution in [-0.2, 0) is 0 Å². The van der Waals surface area contributed by atoms with Crippen molar-refractivity contribution in [1.82, 2.24) is 9.97 Å². The molecule has 0 aliphatic carbocycles. The van der Waals surface area contributed by atoms with E-state index in [1.807, 2.05) is 53.2 Å². The molecule has 3 heterocycles. The van der Waals surface area contributed by atoms with E-state index in [0.717, 1.165) is 21.0 Å². The second kappa shape index (κ2) is 7.43. The zero-order valence-corrected chi connectivity index (χ0v) is 15.5. The van der Waals surface area contributed by atoms with Crippen molar-refractivity contribution in [1.29, 1.82) is 0 Å². The monoisotopic (exact) mass is 386 g/mol. The van der Waals surface area contributed by atoms with Crippen LogP contribution in [-0.4, -0.2) is 22.3 Å². The third-order valence-corrected chi connectivity index (χ3v) is 6.16. The normalized spacial score (nSPS) is 11.0. The maximum atomic E-state index is 12.5. The average molecular weight is 387 g/mol. The Labute approximate surface area is 156 Å². The predicted octanol–water partition coefficient (Wildman–Crippen LogP) is 4.88. The van der Waals surface area contributed by atoms with Crippen molar-refractivity contribution >= 4 is 44.7 Å². The molecule has 0 saturated carbocycles. The molecule has 126 valence electrons. The summed E-state index contributed by atoms with van der Waals surface area (Å²) in [4.78, 5) is 21.8. The summed E-state index contributed by atoms with van der Waals surface area (Å²) >= 11 is 4.63. The summed E-state index contributed by atoms with van der Waals surface area (Å²) in [6, 6.07) is 13.7. The van der Waals surface area contributed by atoms with E-state index in [0.29, 0.717) is 22.9 Å². The fourth-order valence-corrected chi connectivity index (χ4v) is 4.93. The van der Waals surface area contributed by atoms with Crippen molar-refractivity contribution in [3.8, 4) is 16.2 Å². The maximum absolute atomic E-state index is 12.5. The molecule has 0 aliphatic rings. The van der Waals surface area contributed by atoms with Gasteiger partial charge in [-0.05, 0) is 23.6 Å². The molecule has 1 aromatic carbocycles. The standard InChI is InChI=1S/C18H14N2O2S3/c21-16-15-13(14-7-4-9-23-14)11-25-17(15)20-18(19-16)24-10-8-22-12-5-2-1-3-6-12/h1-7,9,11H,8,10H2,(H,19,20,21). The Morgan fingerprint density at radius 3 is 2.80 bits per heavy atom. The first-order valence-electron chi connectivity index (χ1n) is 7.67. The molecule has 0 radical (unpaired) electrons. The molecule has 1 N–H and O–H groups in total. The minimum atomic E-state index is -0.0823. The van der Waals surface area contributed by atoms with Gasteiger partial charge in [-0.3, -0.25) is 4.79 Å². The van der Waals surface area contributed by atoms with Crippen LogP contribution in [0.1, 0.15) is 0 Å². The Hall–Kier alpha value is -2.09. The first kappa shape index (κ1) is 16.4. The van der Waals surface area contributed by atoms with Gasteiger partial charge in [0.05, 0.1) is 12.0 Å². The van der Waals surface area contributed by atoms with Gasteiger partial charge in [0.2, 0.25) is 0 Å². The van der Waals surface area contributed by atoms with E-state index in [9.17, 15) is 4.79 Å². The number of thiophene rings is 2. The summed E-state index contributed by atoms with van der Waals surface area (Å²) in [6.07, 6.45) is 0. The first-order valence-corrected chi connectivity index (χ1v) is 10.4. The molecule has 0 atom stereocenters. The molecule has 0 amide bonds. The number of fused-ring (bicyclic) bond motifs is 1. The Morgan fingerprint density at radius 1 is 1.12 bits per heavy atom. The summed E-state index contributed by atoms with van der Waals surface area (Å²) in [5, 5.41) is 5.33. The quantitative estimate of drug-likeness (QED) is 0.291. The Morgan fingerprint density at radius 2 is 2.00 bits per heavy atom. The molecule has 7 heteroatoms. The molecule has 0 bridgehead atoms. The molecule has 0 aliphatic heterocycles. The fraction of sp³-hybridized carbons (Fsp3) is 0.111. The summed E-state index contributed by atoms with van der Waals surface area (Å²) in [5.41, 5.74) is 0.883. The van der Waals surface area contributed by atoms with E-state index in [4.69, 9.17) is 4.74 Å². The summed E-state index contributed by atoms with van der Waals surface area (Å²) < 4.78 is 5.66. The molecule has 0 unspecified atom stereocenters. The van der Waals surface area contributed by atoms with E-state index >= 15 is 0 Å². The lowest BCUT2D eigenvalue weighted by Gasteiger charge is -2.05. The Bertz CT molecular complexity index is 1020. The van der Waals surface area contributed by atoms with Crippen molar-refractivity contribution in [3.05, 3.63) is 63.6 Å². The number of benzene rings is 1. The van der Waals surface area contributed by atoms with Gasteiger partial charge in [0, 0.05) is 21.6 Å². The number of ether oxygens (including phenoxy) is 1. The van der Waals surface area contributed by atoms with Gasteiger partial charge in [-0.2, -0.15) is 0 Å². The molecule has 4 rings (SSSR count). The number of thioether (sulfide) groups is 1. The molecule has 3 aromatic heterocycles. The molecule has 0 spiro atoms. The highest BCUT2D eigenvalue weighted by Crippen LogP contribution is 2.33. The number of nitrogens with one attached hydrogen (secondary N) is 1. The van der Waals surface area contributed by atoms with E-state index < -0.39 is 0 Å². The first-order chi connectivity index (χ1) is 12.3. The lowest BCUT2D eigenvalue weighted by molar-refractivity contribution is 0.344. The molecule has 0 saturated heterocycles. The van der Waals surface area contributed by atoms with E-state index in [-0.39, 0.29) is 5.56 Å². The van der Waals surface area contributed by atoms with Crippen LogP contribution in [0, 0.1) is 0 Å². The van der Waals surface area contributed by atoms with Crippen LogP contribution >= 0.6 is 34.4 Å². The van der Waals surface area contributed by atoms with Gasteiger partial charge in [-0.1, -0.05) is 36.0 Å². The van der Waals surface area contributed by atoms with Crippen LogP contribution in [0.15, 0.2) is 63.2 Å². The molecular weight excluding hydrogens is 372 g/mol. The highest BCUT2D eigenvalue weighted by Gasteiger charge is 2.13. The number of hydrogen-bond donors (Lipinski definition) is 1. The SMILES string of the molecule is O=c1[nH]c(SCCOc2ccccc2)nc2scc(-c3cccs3)c12.